The normalized spacial score (nSPS) is 10.7. The molecule has 0 aliphatic carbocycles. The van der Waals surface area contributed by atoms with E-state index in [1.54, 1.807) is 0 Å². The number of non-ortho nitro benzene ring substituents is 1. The molecule has 0 aliphatic rings. The quantitative estimate of drug-likeness (QED) is 0.303. The lowest BCUT2D eigenvalue weighted by atomic mass is 10.2. The number of halogens is 1. The third kappa shape index (κ3) is 5.33. The topological polar surface area (TPSA) is 106 Å². The molecule has 0 saturated heterocycles. The van der Waals surface area contributed by atoms with E-state index in [0.29, 0.717) is 11.7 Å². The maximum absolute atomic E-state index is 12.4. The molecule has 3 rings (SSSR count). The molecule has 0 atom stereocenters. The van der Waals surface area contributed by atoms with Crippen LogP contribution in [-0.4, -0.2) is 45.4 Å². The molecule has 11 heteroatoms. The van der Waals surface area contributed by atoms with Crippen LogP contribution in [0.3, 0.4) is 0 Å². The van der Waals surface area contributed by atoms with E-state index < -0.39 is 4.92 Å². The van der Waals surface area contributed by atoms with Crippen molar-refractivity contribution >= 4 is 46.3 Å². The van der Waals surface area contributed by atoms with Crippen molar-refractivity contribution < 1.29 is 9.72 Å². The first kappa shape index (κ1) is 22.6. The molecule has 0 saturated carbocycles. The second kappa shape index (κ2) is 9.80. The highest BCUT2D eigenvalue weighted by molar-refractivity contribution is 7.99. The highest BCUT2D eigenvalue weighted by atomic mass is 35.5. The summed E-state index contributed by atoms with van der Waals surface area (Å²) in [5.41, 5.74) is 2.06. The van der Waals surface area contributed by atoms with Crippen LogP contribution in [0.15, 0.2) is 47.6 Å². The molecular formula is C20H21ClN6O3S. The first-order valence-electron chi connectivity index (χ1n) is 9.37. The van der Waals surface area contributed by atoms with Crippen LogP contribution in [0, 0.1) is 10.1 Å². The number of anilines is 2. The van der Waals surface area contributed by atoms with E-state index >= 15 is 0 Å². The number of nitro groups is 1. The summed E-state index contributed by atoms with van der Waals surface area (Å²) >= 11 is 7.27. The molecule has 31 heavy (non-hydrogen) atoms. The number of thioether (sulfide) groups is 1. The summed E-state index contributed by atoms with van der Waals surface area (Å²) in [4.78, 5) is 24.8. The molecule has 0 radical (unpaired) electrons. The lowest BCUT2D eigenvalue weighted by Crippen LogP contribution is -2.15. The fraction of sp³-hybridized carbons (Fsp3) is 0.250. The Labute approximate surface area is 188 Å². The van der Waals surface area contributed by atoms with Crippen molar-refractivity contribution in [3.63, 3.8) is 0 Å². The van der Waals surface area contributed by atoms with Crippen molar-refractivity contribution in [2.75, 3.05) is 30.1 Å². The summed E-state index contributed by atoms with van der Waals surface area (Å²) in [5.74, 6) is 0.420. The van der Waals surface area contributed by atoms with Gasteiger partial charge < -0.3 is 14.8 Å². The zero-order valence-corrected chi connectivity index (χ0v) is 18.8. The molecule has 1 N–H and O–H groups in total. The Kier molecular flexibility index (Phi) is 7.13. The number of carbonyl (C=O) groups excluding carboxylic acids is 1. The van der Waals surface area contributed by atoms with Crippen molar-refractivity contribution in [1.82, 2.24) is 14.8 Å². The van der Waals surface area contributed by atoms with Gasteiger partial charge in [0.1, 0.15) is 0 Å². The van der Waals surface area contributed by atoms with Gasteiger partial charge in [0.2, 0.25) is 5.91 Å². The van der Waals surface area contributed by atoms with Gasteiger partial charge in [0.05, 0.1) is 21.4 Å². The number of hydrogen-bond donors (Lipinski definition) is 1. The fourth-order valence-corrected chi connectivity index (χ4v) is 3.81. The highest BCUT2D eigenvalue weighted by Gasteiger charge is 2.16. The number of aromatic nitrogens is 3. The second-order valence-corrected chi connectivity index (χ2v) is 8.10. The monoisotopic (exact) mass is 460 g/mol. The van der Waals surface area contributed by atoms with Gasteiger partial charge >= 0.3 is 0 Å². The van der Waals surface area contributed by atoms with Crippen LogP contribution < -0.4 is 10.2 Å². The number of carbonyl (C=O) groups is 1. The van der Waals surface area contributed by atoms with Crippen LogP contribution in [0.25, 0.3) is 11.4 Å². The average Bonchev–Trinajstić information content (AvgIpc) is 3.16. The van der Waals surface area contributed by atoms with Gasteiger partial charge in [-0.15, -0.1) is 10.2 Å². The molecule has 0 unspecified atom stereocenters. The van der Waals surface area contributed by atoms with Crippen LogP contribution in [0.1, 0.15) is 6.92 Å². The smallest absolute Gasteiger partial charge is 0.271 e. The zero-order chi connectivity index (χ0) is 22.5. The molecule has 2 aromatic carbocycles. The van der Waals surface area contributed by atoms with Gasteiger partial charge in [0.25, 0.3) is 5.69 Å². The van der Waals surface area contributed by atoms with E-state index in [2.05, 4.69) is 15.5 Å². The number of nitro benzene ring substituents is 1. The molecule has 1 aromatic heterocycles. The Morgan fingerprint density at radius 1 is 1.23 bits per heavy atom. The Morgan fingerprint density at radius 3 is 2.55 bits per heavy atom. The first-order valence-corrected chi connectivity index (χ1v) is 10.7. The van der Waals surface area contributed by atoms with Crippen molar-refractivity contribution in [2.45, 2.75) is 18.6 Å². The minimum atomic E-state index is -0.545. The van der Waals surface area contributed by atoms with E-state index in [0.717, 1.165) is 17.1 Å². The summed E-state index contributed by atoms with van der Waals surface area (Å²) < 4.78 is 1.93. The van der Waals surface area contributed by atoms with Gasteiger partial charge in [-0.25, -0.2) is 0 Å². The lowest BCUT2D eigenvalue weighted by Gasteiger charge is -2.13. The van der Waals surface area contributed by atoms with Gasteiger partial charge in [0, 0.05) is 44.0 Å². The summed E-state index contributed by atoms with van der Waals surface area (Å²) in [5, 5.41) is 22.9. The van der Waals surface area contributed by atoms with Crippen molar-refractivity contribution in [3.8, 4) is 11.4 Å². The molecule has 9 nitrogen and oxygen atoms in total. The molecule has 0 aliphatic heterocycles. The van der Waals surface area contributed by atoms with Crippen LogP contribution in [0.5, 0.6) is 0 Å². The third-order valence-corrected chi connectivity index (χ3v) is 5.74. The maximum atomic E-state index is 12.4. The van der Waals surface area contributed by atoms with Gasteiger partial charge in [-0.1, -0.05) is 23.4 Å². The maximum Gasteiger partial charge on any atom is 0.271 e. The molecule has 0 bridgehead atoms. The minimum absolute atomic E-state index is 0.0523. The molecule has 1 amide bonds. The number of benzene rings is 2. The van der Waals surface area contributed by atoms with Gasteiger partial charge in [0.15, 0.2) is 11.0 Å². The van der Waals surface area contributed by atoms with E-state index in [1.165, 1.54) is 30.0 Å². The summed E-state index contributed by atoms with van der Waals surface area (Å²) in [7, 11) is 3.95. The van der Waals surface area contributed by atoms with Crippen molar-refractivity contribution in [3.05, 3.63) is 57.6 Å². The third-order valence-electron chi connectivity index (χ3n) is 4.44. The van der Waals surface area contributed by atoms with E-state index in [9.17, 15) is 14.9 Å². The molecule has 162 valence electrons. The van der Waals surface area contributed by atoms with Crippen molar-refractivity contribution in [2.24, 2.45) is 0 Å². The second-order valence-electron chi connectivity index (χ2n) is 6.75. The highest BCUT2D eigenvalue weighted by Crippen LogP contribution is 2.28. The summed E-state index contributed by atoms with van der Waals surface area (Å²) in [6.45, 7) is 2.62. The van der Waals surface area contributed by atoms with Crippen LogP contribution in [-0.2, 0) is 11.3 Å². The number of nitrogens with one attached hydrogen (secondary N) is 1. The standard InChI is InChI=1S/C20H21ClN6O3S/c1-4-26-19(13-5-7-14(8-6-13)25(2)3)23-24-20(26)31-12-18(28)22-17-11-15(27(29)30)9-10-16(17)21/h5-11H,4,12H2,1-3H3,(H,22,28). The lowest BCUT2D eigenvalue weighted by molar-refractivity contribution is -0.384. The van der Waals surface area contributed by atoms with E-state index in [-0.39, 0.29) is 28.1 Å². The SMILES string of the molecule is CCn1c(SCC(=O)Nc2cc([N+](=O)[O-])ccc2Cl)nnc1-c1ccc(N(C)C)cc1. The number of amides is 1. The Morgan fingerprint density at radius 2 is 1.94 bits per heavy atom. The molecule has 0 spiro atoms. The predicted molar refractivity (Wildman–Crippen MR) is 123 cm³/mol. The Balaban J connectivity index is 1.70. The number of hydrogen-bond acceptors (Lipinski definition) is 7. The van der Waals surface area contributed by atoms with E-state index in [4.69, 9.17) is 11.6 Å². The van der Waals surface area contributed by atoms with Crippen LogP contribution in [0.4, 0.5) is 17.1 Å². The Bertz CT molecular complexity index is 1100. The van der Waals surface area contributed by atoms with Crippen molar-refractivity contribution in [1.29, 1.82) is 0 Å². The van der Waals surface area contributed by atoms with Crippen LogP contribution in [0.2, 0.25) is 5.02 Å². The summed E-state index contributed by atoms with van der Waals surface area (Å²) in [6.07, 6.45) is 0. The zero-order valence-electron chi connectivity index (χ0n) is 17.2. The Hall–Kier alpha value is -3.11. The number of nitrogens with zero attached hydrogens (tertiary/aromatic N) is 5. The fourth-order valence-electron chi connectivity index (χ4n) is 2.84. The number of rotatable bonds is 8. The predicted octanol–water partition coefficient (Wildman–Crippen LogP) is 4.32. The van der Waals surface area contributed by atoms with E-state index in [1.807, 2.05) is 54.8 Å². The van der Waals surface area contributed by atoms with Gasteiger partial charge in [-0.05, 0) is 37.3 Å². The average molecular weight is 461 g/mol. The van der Waals surface area contributed by atoms with Gasteiger partial charge in [-0.2, -0.15) is 0 Å². The molecule has 1 heterocycles. The van der Waals surface area contributed by atoms with Gasteiger partial charge in [-0.3, -0.25) is 14.9 Å². The largest absolute Gasteiger partial charge is 0.378 e. The minimum Gasteiger partial charge on any atom is -0.378 e. The van der Waals surface area contributed by atoms with Crippen LogP contribution >= 0.6 is 23.4 Å². The molecular weight excluding hydrogens is 440 g/mol. The molecule has 3 aromatic rings. The first-order chi connectivity index (χ1) is 14.8. The molecule has 0 fully saturated rings. The summed E-state index contributed by atoms with van der Waals surface area (Å²) in [6, 6.07) is 11.9.